The molecular formula is C36H41N3O7S. The molecule has 2 N–H and O–H groups in total. The number of carbonyl (C=O) groups is 1. The van der Waals surface area contributed by atoms with E-state index < -0.39 is 16.1 Å². The highest BCUT2D eigenvalue weighted by Gasteiger charge is 2.34. The number of amides is 1. The highest BCUT2D eigenvalue weighted by atomic mass is 32.2. The average molecular weight is 660 g/mol. The molecule has 3 atom stereocenters. The molecule has 1 aliphatic heterocycles. The normalized spacial score (nSPS) is 17.2. The number of hydrogen-bond acceptors (Lipinski definition) is 8. The van der Waals surface area contributed by atoms with Gasteiger partial charge in [-0.2, -0.15) is 0 Å². The molecule has 5 rings (SSSR count). The maximum atomic E-state index is 13.8. The molecule has 1 heterocycles. The number of hydrogen-bond donors (Lipinski definition) is 2. The molecule has 0 bridgehead atoms. The minimum absolute atomic E-state index is 0.0541. The van der Waals surface area contributed by atoms with Crippen molar-refractivity contribution in [1.82, 2.24) is 9.80 Å². The van der Waals surface area contributed by atoms with Gasteiger partial charge in [0.2, 0.25) is 0 Å². The predicted octanol–water partition coefficient (Wildman–Crippen LogP) is 5.64. The van der Waals surface area contributed by atoms with Gasteiger partial charge in [0.25, 0.3) is 15.9 Å². The Bertz CT molecular complexity index is 1750. The number of carbonyl (C=O) groups excluding carboxylic acids is 1. The number of rotatable bonds is 12. The molecule has 0 aliphatic carbocycles. The number of nitrogens with zero attached hydrogens (tertiary/aromatic N) is 2. The van der Waals surface area contributed by atoms with Gasteiger partial charge in [-0.25, -0.2) is 8.42 Å². The summed E-state index contributed by atoms with van der Waals surface area (Å²) in [5.41, 5.74) is 1.54. The van der Waals surface area contributed by atoms with E-state index in [2.05, 4.69) is 9.62 Å². The second kappa shape index (κ2) is 14.9. The first kappa shape index (κ1) is 33.8. The fraction of sp³-hybridized carbons (Fsp3) is 0.306. The first-order chi connectivity index (χ1) is 22.6. The van der Waals surface area contributed by atoms with Crippen LogP contribution >= 0.6 is 0 Å². The second-order valence-corrected chi connectivity index (χ2v) is 13.6. The van der Waals surface area contributed by atoms with Gasteiger partial charge in [-0.05, 0) is 86.3 Å². The number of methoxy groups -OCH3 is 1. The van der Waals surface area contributed by atoms with E-state index in [0.717, 1.165) is 17.1 Å². The number of ether oxygens (including phenoxy) is 3. The van der Waals surface area contributed by atoms with Crippen molar-refractivity contribution in [2.24, 2.45) is 5.92 Å². The van der Waals surface area contributed by atoms with Crippen LogP contribution in [0.3, 0.4) is 0 Å². The van der Waals surface area contributed by atoms with Gasteiger partial charge in [0.05, 0.1) is 30.2 Å². The Morgan fingerprint density at radius 3 is 2.30 bits per heavy atom. The first-order valence-corrected chi connectivity index (χ1v) is 16.9. The highest BCUT2D eigenvalue weighted by Crippen LogP contribution is 2.32. The Balaban J connectivity index is 1.33. The van der Waals surface area contributed by atoms with Crippen LogP contribution in [0.2, 0.25) is 0 Å². The summed E-state index contributed by atoms with van der Waals surface area (Å²) in [5, 5.41) is 10.0. The number of anilines is 1. The largest absolute Gasteiger partial charge is 0.497 e. The lowest BCUT2D eigenvalue weighted by Crippen LogP contribution is -2.49. The summed E-state index contributed by atoms with van der Waals surface area (Å²) in [6.45, 7) is 5.17. The SMILES string of the molecule is COc1ccc(S(=O)(=O)Nc2ccc3c(c2)C(=O)N([C@H](C)CO)C[C@H](C)[C@@H](CN(C)Cc2ccc(Oc4ccccc4)cc2)O3)cc1. The zero-order chi connectivity index (χ0) is 33.6. The molecule has 1 amide bonds. The Hall–Kier alpha value is -4.58. The maximum absolute atomic E-state index is 13.8. The third-order valence-electron chi connectivity index (χ3n) is 8.13. The van der Waals surface area contributed by atoms with Crippen LogP contribution in [0.25, 0.3) is 0 Å². The summed E-state index contributed by atoms with van der Waals surface area (Å²) < 4.78 is 46.4. The van der Waals surface area contributed by atoms with Gasteiger partial charge in [-0.1, -0.05) is 37.3 Å². The monoisotopic (exact) mass is 659 g/mol. The number of sulfonamides is 1. The first-order valence-electron chi connectivity index (χ1n) is 15.5. The van der Waals surface area contributed by atoms with Crippen LogP contribution in [-0.2, 0) is 16.6 Å². The molecule has 0 unspecified atom stereocenters. The van der Waals surface area contributed by atoms with Crippen LogP contribution in [0, 0.1) is 5.92 Å². The lowest BCUT2D eigenvalue weighted by atomic mass is 9.99. The zero-order valence-electron chi connectivity index (χ0n) is 27.0. The van der Waals surface area contributed by atoms with E-state index in [-0.39, 0.29) is 40.7 Å². The fourth-order valence-corrected chi connectivity index (χ4v) is 6.49. The van der Waals surface area contributed by atoms with Gasteiger partial charge in [-0.15, -0.1) is 0 Å². The maximum Gasteiger partial charge on any atom is 0.261 e. The molecular weight excluding hydrogens is 618 g/mol. The number of nitrogens with one attached hydrogen (secondary N) is 1. The van der Waals surface area contributed by atoms with Crippen molar-refractivity contribution in [3.63, 3.8) is 0 Å². The number of aliphatic hydroxyl groups excluding tert-OH is 1. The summed E-state index contributed by atoms with van der Waals surface area (Å²) in [7, 11) is -0.424. The number of fused-ring (bicyclic) bond motifs is 1. The van der Waals surface area contributed by atoms with Gasteiger partial charge in [-0.3, -0.25) is 14.4 Å². The Kier molecular flexibility index (Phi) is 10.7. The van der Waals surface area contributed by atoms with Gasteiger partial charge in [0, 0.05) is 31.2 Å². The molecule has 1 aliphatic rings. The molecule has 0 aromatic heterocycles. The van der Waals surface area contributed by atoms with Crippen molar-refractivity contribution >= 4 is 21.6 Å². The van der Waals surface area contributed by atoms with E-state index in [1.807, 2.05) is 68.6 Å². The lowest BCUT2D eigenvalue weighted by molar-refractivity contribution is 0.0341. The summed E-state index contributed by atoms with van der Waals surface area (Å²) in [4.78, 5) is 17.7. The molecule has 0 radical (unpaired) electrons. The standard InChI is InChI=1S/C36H41N3O7S/c1-25-21-39(26(2)24-40)36(41)33-20-28(37-47(42,43)32-17-15-29(44-4)16-18-32)12-19-34(33)46-35(25)23-38(3)22-27-10-13-31(14-11-27)45-30-8-6-5-7-9-30/h5-20,25-26,35,37,40H,21-24H2,1-4H3/t25-,26+,35+/m0/s1. The minimum atomic E-state index is -3.94. The van der Waals surface area contributed by atoms with E-state index >= 15 is 0 Å². The molecule has 248 valence electrons. The molecule has 47 heavy (non-hydrogen) atoms. The Morgan fingerprint density at radius 2 is 1.64 bits per heavy atom. The molecule has 0 spiro atoms. The van der Waals surface area contributed by atoms with Crippen LogP contribution in [-0.4, -0.2) is 75.2 Å². The second-order valence-electron chi connectivity index (χ2n) is 11.9. The van der Waals surface area contributed by atoms with Crippen molar-refractivity contribution in [2.75, 3.05) is 38.6 Å². The van der Waals surface area contributed by atoms with E-state index in [4.69, 9.17) is 14.2 Å². The summed E-state index contributed by atoms with van der Waals surface area (Å²) in [6, 6.07) is 27.8. The van der Waals surface area contributed by atoms with E-state index in [9.17, 15) is 18.3 Å². The minimum Gasteiger partial charge on any atom is -0.497 e. The smallest absolute Gasteiger partial charge is 0.261 e. The van der Waals surface area contributed by atoms with Gasteiger partial charge in [0.15, 0.2) is 0 Å². The number of benzene rings is 4. The quantitative estimate of drug-likeness (QED) is 0.201. The Labute approximate surface area is 276 Å². The average Bonchev–Trinajstić information content (AvgIpc) is 3.07. The molecule has 11 heteroatoms. The van der Waals surface area contributed by atoms with Crippen molar-refractivity contribution in [3.05, 3.63) is 108 Å². The van der Waals surface area contributed by atoms with Crippen LogP contribution in [0.1, 0.15) is 29.8 Å². The van der Waals surface area contributed by atoms with Crippen LogP contribution < -0.4 is 18.9 Å². The van der Waals surface area contributed by atoms with Crippen LogP contribution in [0.4, 0.5) is 5.69 Å². The van der Waals surface area contributed by atoms with Gasteiger partial charge >= 0.3 is 0 Å². The predicted molar refractivity (Wildman–Crippen MR) is 181 cm³/mol. The third kappa shape index (κ3) is 8.42. The number of aliphatic hydroxyl groups is 1. The van der Waals surface area contributed by atoms with Crippen LogP contribution in [0.15, 0.2) is 102 Å². The summed E-state index contributed by atoms with van der Waals surface area (Å²) in [6.07, 6.45) is -0.303. The van der Waals surface area contributed by atoms with Crippen molar-refractivity contribution in [1.29, 1.82) is 0 Å². The fourth-order valence-electron chi connectivity index (χ4n) is 5.44. The third-order valence-corrected chi connectivity index (χ3v) is 9.53. The molecule has 4 aromatic rings. The van der Waals surface area contributed by atoms with E-state index in [1.54, 1.807) is 36.1 Å². The number of para-hydroxylation sites is 1. The lowest BCUT2D eigenvalue weighted by Gasteiger charge is -2.38. The zero-order valence-corrected chi connectivity index (χ0v) is 27.8. The molecule has 4 aromatic carbocycles. The van der Waals surface area contributed by atoms with Crippen LogP contribution in [0.5, 0.6) is 23.0 Å². The van der Waals surface area contributed by atoms with Gasteiger partial charge < -0.3 is 24.2 Å². The molecule has 0 fully saturated rings. The van der Waals surface area contributed by atoms with Crippen molar-refractivity contribution < 1.29 is 32.5 Å². The highest BCUT2D eigenvalue weighted by molar-refractivity contribution is 7.92. The summed E-state index contributed by atoms with van der Waals surface area (Å²) >= 11 is 0. The molecule has 0 saturated carbocycles. The van der Waals surface area contributed by atoms with Crippen molar-refractivity contribution in [3.8, 4) is 23.0 Å². The van der Waals surface area contributed by atoms with E-state index in [0.29, 0.717) is 31.1 Å². The van der Waals surface area contributed by atoms with E-state index in [1.165, 1.54) is 25.3 Å². The topological polar surface area (TPSA) is 118 Å². The Morgan fingerprint density at radius 1 is 0.979 bits per heavy atom. The molecule has 10 nitrogen and oxygen atoms in total. The summed E-state index contributed by atoms with van der Waals surface area (Å²) in [5.74, 6) is 2.00. The van der Waals surface area contributed by atoms with Gasteiger partial charge in [0.1, 0.15) is 29.1 Å². The molecule has 0 saturated heterocycles. The number of likely N-dealkylation sites (N-methyl/N-ethyl adjacent to an activating group) is 1. The van der Waals surface area contributed by atoms with Crippen molar-refractivity contribution in [2.45, 2.75) is 37.4 Å².